The van der Waals surface area contributed by atoms with Gasteiger partial charge < -0.3 is 5.11 Å². The van der Waals surface area contributed by atoms with E-state index in [1.54, 1.807) is 0 Å². The van der Waals surface area contributed by atoms with Crippen molar-refractivity contribution in [3.63, 3.8) is 0 Å². The lowest BCUT2D eigenvalue weighted by Crippen LogP contribution is -2.51. The van der Waals surface area contributed by atoms with E-state index in [1.807, 2.05) is 0 Å². The molecule has 4 fully saturated rings. The molecule has 9 atom stereocenters. The van der Waals surface area contributed by atoms with Gasteiger partial charge in [0, 0.05) is 5.33 Å². The van der Waals surface area contributed by atoms with Crippen molar-refractivity contribution in [3.8, 4) is 0 Å². The number of alkyl halides is 1. The Balaban J connectivity index is 1.49. The number of aliphatic hydroxyl groups is 1. The summed E-state index contributed by atoms with van der Waals surface area (Å²) in [6, 6.07) is 0. The van der Waals surface area contributed by atoms with Gasteiger partial charge in [-0.2, -0.15) is 0 Å². The van der Waals surface area contributed by atoms with Gasteiger partial charge in [-0.05, 0) is 111 Å². The van der Waals surface area contributed by atoms with Crippen LogP contribution in [0.15, 0.2) is 0 Å². The second-order valence-corrected chi connectivity index (χ2v) is 11.7. The molecule has 0 radical (unpaired) electrons. The number of hydrogen-bond acceptors (Lipinski definition) is 1. The molecule has 4 saturated carbocycles. The zero-order chi connectivity index (χ0) is 18.5. The second kappa shape index (κ2) is 7.36. The zero-order valence-electron chi connectivity index (χ0n) is 17.4. The Hall–Kier alpha value is 0.440. The molecule has 1 unspecified atom stereocenters. The summed E-state index contributed by atoms with van der Waals surface area (Å²) >= 11 is 3.78. The normalized spacial score (nSPS) is 52.0. The first-order valence-electron chi connectivity index (χ1n) is 11.7. The number of rotatable bonds is 4. The van der Waals surface area contributed by atoms with Crippen LogP contribution < -0.4 is 0 Å². The van der Waals surface area contributed by atoms with Crippen molar-refractivity contribution in [2.45, 2.75) is 97.0 Å². The van der Waals surface area contributed by atoms with Crippen LogP contribution in [-0.4, -0.2) is 16.0 Å². The third-order valence-electron chi connectivity index (χ3n) is 9.82. The van der Waals surface area contributed by atoms with Crippen LogP contribution in [0.5, 0.6) is 0 Å². The Bertz CT molecular complexity index is 506. The average Bonchev–Trinajstić information content (AvgIpc) is 2.98. The van der Waals surface area contributed by atoms with Crippen molar-refractivity contribution < 1.29 is 5.11 Å². The van der Waals surface area contributed by atoms with Crippen LogP contribution in [0.4, 0.5) is 0 Å². The lowest BCUT2D eigenvalue weighted by Gasteiger charge is -2.57. The molecular weight excluding hydrogens is 384 g/mol. The van der Waals surface area contributed by atoms with E-state index in [0.717, 1.165) is 67.1 Å². The van der Waals surface area contributed by atoms with Crippen LogP contribution >= 0.6 is 15.9 Å². The summed E-state index contributed by atoms with van der Waals surface area (Å²) in [6.07, 6.45) is 14.5. The zero-order valence-corrected chi connectivity index (χ0v) is 18.9. The van der Waals surface area contributed by atoms with Gasteiger partial charge in [-0.3, -0.25) is 0 Å². The van der Waals surface area contributed by atoms with Crippen molar-refractivity contribution in [1.82, 2.24) is 0 Å². The van der Waals surface area contributed by atoms with Gasteiger partial charge in [0.25, 0.3) is 0 Å². The van der Waals surface area contributed by atoms with Crippen LogP contribution in [0.3, 0.4) is 0 Å². The molecule has 0 bridgehead atoms. The molecule has 0 aromatic rings. The summed E-state index contributed by atoms with van der Waals surface area (Å²) in [4.78, 5) is 0. The summed E-state index contributed by atoms with van der Waals surface area (Å²) in [5.41, 5.74) is 0.286. The van der Waals surface area contributed by atoms with Gasteiger partial charge in [0.2, 0.25) is 0 Å². The Labute approximate surface area is 170 Å². The molecule has 0 saturated heterocycles. The van der Waals surface area contributed by atoms with E-state index >= 15 is 0 Å². The molecule has 4 aliphatic carbocycles. The fourth-order valence-electron chi connectivity index (χ4n) is 8.74. The van der Waals surface area contributed by atoms with E-state index < -0.39 is 0 Å². The predicted octanol–water partition coefficient (Wildman–Crippen LogP) is 6.82. The molecule has 4 rings (SSSR count). The summed E-state index contributed by atoms with van der Waals surface area (Å²) in [5, 5.41) is 12.2. The minimum absolute atomic E-state index is 0.324. The van der Waals surface area contributed by atoms with Crippen molar-refractivity contribution in [2.24, 2.45) is 46.8 Å². The molecule has 1 N–H and O–H groups in total. The van der Waals surface area contributed by atoms with E-state index in [0.29, 0.717) is 5.41 Å². The Morgan fingerprint density at radius 2 is 1.77 bits per heavy atom. The van der Waals surface area contributed by atoms with Gasteiger partial charge in [0.05, 0.1) is 5.60 Å². The Morgan fingerprint density at radius 1 is 1.00 bits per heavy atom. The van der Waals surface area contributed by atoms with E-state index in [-0.39, 0.29) is 5.60 Å². The van der Waals surface area contributed by atoms with Crippen LogP contribution in [0.2, 0.25) is 0 Å². The highest BCUT2D eigenvalue weighted by Crippen LogP contribution is 2.65. The molecule has 2 heteroatoms. The number of halogens is 1. The minimum atomic E-state index is -0.324. The van der Waals surface area contributed by atoms with E-state index in [9.17, 15) is 5.11 Å². The van der Waals surface area contributed by atoms with Crippen molar-refractivity contribution >= 4 is 15.9 Å². The van der Waals surface area contributed by atoms with Gasteiger partial charge in [0.15, 0.2) is 0 Å². The van der Waals surface area contributed by atoms with E-state index in [4.69, 9.17) is 0 Å². The second-order valence-electron chi connectivity index (χ2n) is 11.0. The van der Waals surface area contributed by atoms with Crippen molar-refractivity contribution in [2.75, 3.05) is 5.33 Å². The van der Waals surface area contributed by atoms with Gasteiger partial charge in [-0.25, -0.2) is 0 Å². The van der Waals surface area contributed by atoms with Crippen molar-refractivity contribution in [1.29, 1.82) is 0 Å². The van der Waals surface area contributed by atoms with Crippen molar-refractivity contribution in [3.05, 3.63) is 0 Å². The standard InChI is InChI=1S/C24H41BrO/c1-4-11-24(26)13-10-18-17(14-24)5-6-20-19(18)9-12-23(3)21(16(2)15-25)7-8-22(20)23/h16-22,26H,4-15H2,1-3H3/t16?,17-,18+,19-,20-,21-,22+,23-,24-/m1/s1. The molecule has 4 aliphatic rings. The molecule has 0 aromatic heterocycles. The number of fused-ring (bicyclic) bond motifs is 5. The fourth-order valence-corrected chi connectivity index (χ4v) is 9.19. The fraction of sp³-hybridized carbons (Fsp3) is 1.00. The van der Waals surface area contributed by atoms with Crippen LogP contribution in [0.25, 0.3) is 0 Å². The average molecular weight is 425 g/mol. The molecule has 0 spiro atoms. The van der Waals surface area contributed by atoms with Gasteiger partial charge >= 0.3 is 0 Å². The van der Waals surface area contributed by atoms with Gasteiger partial charge in [-0.15, -0.1) is 0 Å². The topological polar surface area (TPSA) is 20.2 Å². The maximum Gasteiger partial charge on any atom is 0.0650 e. The highest BCUT2D eigenvalue weighted by atomic mass is 79.9. The molecule has 0 amide bonds. The first kappa shape index (κ1) is 19.7. The van der Waals surface area contributed by atoms with Crippen LogP contribution in [0, 0.1) is 46.8 Å². The van der Waals surface area contributed by atoms with E-state index in [2.05, 4.69) is 36.7 Å². The maximum absolute atomic E-state index is 11.0. The highest BCUT2D eigenvalue weighted by Gasteiger charge is 2.58. The summed E-state index contributed by atoms with van der Waals surface area (Å²) in [5.74, 6) is 6.50. The van der Waals surface area contributed by atoms with Gasteiger partial charge in [0.1, 0.15) is 0 Å². The lowest BCUT2D eigenvalue weighted by atomic mass is 9.48. The third kappa shape index (κ3) is 3.14. The van der Waals surface area contributed by atoms with Crippen LogP contribution in [0.1, 0.15) is 91.4 Å². The van der Waals surface area contributed by atoms with Crippen LogP contribution in [-0.2, 0) is 0 Å². The SMILES string of the molecule is CCC[C@@]1(O)CC[C@H]2[C@H](CC[C@@H]3[C@@H]2CC[C@]2(C)[C@@H](C(C)CBr)CC[C@@H]32)C1. The predicted molar refractivity (Wildman–Crippen MR) is 113 cm³/mol. The molecular formula is C24H41BrO. The monoisotopic (exact) mass is 424 g/mol. The first-order chi connectivity index (χ1) is 12.4. The molecule has 1 nitrogen and oxygen atoms in total. The third-order valence-corrected chi connectivity index (χ3v) is 10.8. The summed E-state index contributed by atoms with van der Waals surface area (Å²) in [6.45, 7) is 7.37. The maximum atomic E-state index is 11.0. The Kier molecular flexibility index (Phi) is 5.59. The highest BCUT2D eigenvalue weighted by molar-refractivity contribution is 9.09. The molecule has 0 aliphatic heterocycles. The minimum Gasteiger partial charge on any atom is -0.390 e. The Morgan fingerprint density at radius 3 is 2.50 bits per heavy atom. The summed E-state index contributed by atoms with van der Waals surface area (Å²) in [7, 11) is 0. The van der Waals surface area contributed by atoms with E-state index in [1.165, 1.54) is 50.3 Å². The van der Waals surface area contributed by atoms with Gasteiger partial charge in [-0.1, -0.05) is 43.1 Å². The number of hydrogen-bond donors (Lipinski definition) is 1. The molecule has 26 heavy (non-hydrogen) atoms. The first-order valence-corrected chi connectivity index (χ1v) is 12.8. The molecule has 0 heterocycles. The quantitative estimate of drug-likeness (QED) is 0.490. The smallest absolute Gasteiger partial charge is 0.0650 e. The largest absolute Gasteiger partial charge is 0.390 e. The lowest BCUT2D eigenvalue weighted by molar-refractivity contribution is -0.110. The molecule has 0 aromatic carbocycles. The summed E-state index contributed by atoms with van der Waals surface area (Å²) < 4.78 is 0. The molecule has 150 valence electrons.